The molecular weight excluding hydrogens is 354 g/mol. The van der Waals surface area contributed by atoms with E-state index in [9.17, 15) is 4.79 Å². The minimum absolute atomic E-state index is 0.502. The van der Waals surface area contributed by atoms with Crippen molar-refractivity contribution in [3.8, 4) is 28.1 Å². The third kappa shape index (κ3) is 3.45. The lowest BCUT2D eigenvalue weighted by Crippen LogP contribution is -2.05. The zero-order valence-corrected chi connectivity index (χ0v) is 15.1. The number of nitrogens with one attached hydrogen (secondary N) is 1. The molecule has 0 bridgehead atoms. The van der Waals surface area contributed by atoms with Crippen LogP contribution in [0.2, 0.25) is 0 Å². The van der Waals surface area contributed by atoms with Crippen LogP contribution in [0.4, 0.5) is 0 Å². The van der Waals surface area contributed by atoms with Gasteiger partial charge in [-0.05, 0) is 35.4 Å². The number of amides is 1. The predicted molar refractivity (Wildman–Crippen MR) is 107 cm³/mol. The molecule has 4 aromatic rings. The number of carbonyl (C=O) groups excluding carboxylic acids is 1. The number of rotatable bonds is 5. The van der Waals surface area contributed by atoms with Crippen molar-refractivity contribution in [1.29, 1.82) is 0 Å². The summed E-state index contributed by atoms with van der Waals surface area (Å²) in [7, 11) is 1.59. The van der Waals surface area contributed by atoms with E-state index in [0.717, 1.165) is 38.9 Å². The molecule has 0 saturated carbocycles. The maximum absolute atomic E-state index is 11.0. The second kappa shape index (κ2) is 7.32. The third-order valence-corrected chi connectivity index (χ3v) is 4.32. The summed E-state index contributed by atoms with van der Waals surface area (Å²) in [6.07, 6.45) is 11.8. The molecule has 4 aromatic heterocycles. The van der Waals surface area contributed by atoms with Gasteiger partial charge in [-0.3, -0.25) is 9.78 Å². The van der Waals surface area contributed by atoms with Gasteiger partial charge in [0.25, 0.3) is 0 Å². The van der Waals surface area contributed by atoms with Gasteiger partial charge in [-0.2, -0.15) is 0 Å². The maximum atomic E-state index is 11.0. The molecule has 4 heterocycles. The molecule has 138 valence electrons. The first-order valence-corrected chi connectivity index (χ1v) is 8.54. The number of H-pyrrole nitrogens is 1. The lowest BCUT2D eigenvalue weighted by Gasteiger charge is -2.05. The highest BCUT2D eigenvalue weighted by atomic mass is 16.5. The van der Waals surface area contributed by atoms with Crippen LogP contribution in [0.1, 0.15) is 5.56 Å². The summed E-state index contributed by atoms with van der Waals surface area (Å²) in [4.78, 5) is 27.1. The van der Waals surface area contributed by atoms with Gasteiger partial charge in [-0.1, -0.05) is 0 Å². The molecule has 0 atom stereocenters. The summed E-state index contributed by atoms with van der Waals surface area (Å²) in [6, 6.07) is 7.79. The lowest BCUT2D eigenvalue weighted by molar-refractivity contribution is -0.113. The summed E-state index contributed by atoms with van der Waals surface area (Å²) >= 11 is 0. The first kappa shape index (κ1) is 17.4. The number of hydrogen-bond donors (Lipinski definition) is 2. The van der Waals surface area contributed by atoms with Crippen LogP contribution in [0.25, 0.3) is 39.4 Å². The predicted octanol–water partition coefficient (Wildman–Crippen LogP) is 3.19. The Morgan fingerprint density at radius 2 is 1.96 bits per heavy atom. The SMILES string of the molecule is COc1cc(-c2c[nH]c3ncc(-c4cncc(C=CC(N)=O)c4)cc23)ccn1. The van der Waals surface area contributed by atoms with Gasteiger partial charge in [-0.25, -0.2) is 9.97 Å². The highest BCUT2D eigenvalue weighted by molar-refractivity contribution is 5.96. The number of hydrogen-bond acceptors (Lipinski definition) is 5. The number of pyridine rings is 3. The number of ether oxygens (including phenoxy) is 1. The Hall–Kier alpha value is -4.00. The van der Waals surface area contributed by atoms with Gasteiger partial charge in [0.1, 0.15) is 5.65 Å². The molecule has 7 heteroatoms. The molecule has 3 N–H and O–H groups in total. The van der Waals surface area contributed by atoms with E-state index in [1.807, 2.05) is 24.4 Å². The van der Waals surface area contributed by atoms with E-state index in [-0.39, 0.29) is 0 Å². The fourth-order valence-electron chi connectivity index (χ4n) is 2.97. The van der Waals surface area contributed by atoms with E-state index < -0.39 is 5.91 Å². The molecular formula is C21H17N5O2. The quantitative estimate of drug-likeness (QED) is 0.524. The minimum Gasteiger partial charge on any atom is -0.481 e. The smallest absolute Gasteiger partial charge is 0.241 e. The van der Waals surface area contributed by atoms with E-state index in [1.165, 1.54) is 6.08 Å². The van der Waals surface area contributed by atoms with Crippen molar-refractivity contribution in [1.82, 2.24) is 19.9 Å². The summed E-state index contributed by atoms with van der Waals surface area (Å²) < 4.78 is 5.23. The van der Waals surface area contributed by atoms with E-state index in [2.05, 4.69) is 26.0 Å². The molecule has 0 saturated heterocycles. The van der Waals surface area contributed by atoms with E-state index in [1.54, 1.807) is 38.0 Å². The molecule has 0 fully saturated rings. The highest BCUT2D eigenvalue weighted by Gasteiger charge is 2.10. The number of methoxy groups -OCH3 is 1. The lowest BCUT2D eigenvalue weighted by atomic mass is 10.0. The third-order valence-electron chi connectivity index (χ3n) is 4.32. The van der Waals surface area contributed by atoms with E-state index >= 15 is 0 Å². The average molecular weight is 371 g/mol. The number of carbonyl (C=O) groups is 1. The van der Waals surface area contributed by atoms with Crippen LogP contribution in [0.15, 0.2) is 61.3 Å². The first-order valence-electron chi connectivity index (χ1n) is 8.54. The number of aromatic nitrogens is 4. The van der Waals surface area contributed by atoms with Gasteiger partial charge in [0.2, 0.25) is 11.8 Å². The van der Waals surface area contributed by atoms with Crippen molar-refractivity contribution >= 4 is 23.0 Å². The fourth-order valence-corrected chi connectivity index (χ4v) is 2.97. The summed E-state index contributed by atoms with van der Waals surface area (Å²) in [5.74, 6) is 0.0485. The standard InChI is InChI=1S/C21H17N5O2/c1-28-20-8-14(4-5-24-20)18-12-26-21-17(18)7-16(11-25-21)15-6-13(9-23-10-15)2-3-19(22)27/h2-12H,1H3,(H2,22,27)(H,25,26). The first-order chi connectivity index (χ1) is 13.6. The Kier molecular flexibility index (Phi) is 4.55. The van der Waals surface area contributed by atoms with Crippen LogP contribution in [0, 0.1) is 0 Å². The molecule has 1 amide bonds. The van der Waals surface area contributed by atoms with Crippen molar-refractivity contribution in [3.05, 3.63) is 66.9 Å². The fraction of sp³-hybridized carbons (Fsp3) is 0.0476. The molecule has 0 aliphatic heterocycles. The van der Waals surface area contributed by atoms with Gasteiger partial charge in [0, 0.05) is 65.2 Å². The monoisotopic (exact) mass is 371 g/mol. The number of nitrogens with zero attached hydrogens (tertiary/aromatic N) is 3. The topological polar surface area (TPSA) is 107 Å². The van der Waals surface area contributed by atoms with Crippen LogP contribution < -0.4 is 10.5 Å². The number of primary amides is 1. The molecule has 0 unspecified atom stereocenters. The second-order valence-corrected chi connectivity index (χ2v) is 6.15. The molecule has 0 aliphatic carbocycles. The molecule has 28 heavy (non-hydrogen) atoms. The Bertz CT molecular complexity index is 1200. The highest BCUT2D eigenvalue weighted by Crippen LogP contribution is 2.32. The van der Waals surface area contributed by atoms with Gasteiger partial charge in [0.05, 0.1) is 7.11 Å². The zero-order chi connectivity index (χ0) is 19.5. The largest absolute Gasteiger partial charge is 0.481 e. The number of aromatic amines is 1. The molecule has 4 rings (SSSR count). The van der Waals surface area contributed by atoms with Crippen LogP contribution in [0.5, 0.6) is 5.88 Å². The second-order valence-electron chi connectivity index (χ2n) is 6.15. The number of fused-ring (bicyclic) bond motifs is 1. The van der Waals surface area contributed by atoms with Crippen molar-refractivity contribution in [2.45, 2.75) is 0 Å². The maximum Gasteiger partial charge on any atom is 0.241 e. The van der Waals surface area contributed by atoms with Crippen LogP contribution in [-0.4, -0.2) is 33.0 Å². The van der Waals surface area contributed by atoms with Crippen molar-refractivity contribution in [2.75, 3.05) is 7.11 Å². The van der Waals surface area contributed by atoms with Crippen molar-refractivity contribution < 1.29 is 9.53 Å². The molecule has 0 aliphatic rings. The Morgan fingerprint density at radius 3 is 2.79 bits per heavy atom. The Balaban J connectivity index is 1.78. The van der Waals surface area contributed by atoms with Crippen LogP contribution >= 0.6 is 0 Å². The normalized spacial score (nSPS) is 11.2. The Morgan fingerprint density at radius 1 is 1.11 bits per heavy atom. The minimum atomic E-state index is -0.502. The van der Waals surface area contributed by atoms with Gasteiger partial charge >= 0.3 is 0 Å². The van der Waals surface area contributed by atoms with Crippen LogP contribution in [-0.2, 0) is 4.79 Å². The average Bonchev–Trinajstić information content (AvgIpc) is 3.16. The zero-order valence-electron chi connectivity index (χ0n) is 15.1. The van der Waals surface area contributed by atoms with Gasteiger partial charge in [-0.15, -0.1) is 0 Å². The van der Waals surface area contributed by atoms with E-state index in [4.69, 9.17) is 10.5 Å². The molecule has 0 radical (unpaired) electrons. The van der Waals surface area contributed by atoms with Gasteiger partial charge in [0.15, 0.2) is 0 Å². The summed E-state index contributed by atoms with van der Waals surface area (Å²) in [5, 5.41) is 0.976. The summed E-state index contributed by atoms with van der Waals surface area (Å²) in [5.41, 5.74) is 10.5. The van der Waals surface area contributed by atoms with Crippen LogP contribution in [0.3, 0.4) is 0 Å². The van der Waals surface area contributed by atoms with Gasteiger partial charge < -0.3 is 15.5 Å². The molecule has 0 spiro atoms. The molecule has 7 nitrogen and oxygen atoms in total. The molecule has 0 aromatic carbocycles. The van der Waals surface area contributed by atoms with Crippen molar-refractivity contribution in [3.63, 3.8) is 0 Å². The Labute approximate surface area is 160 Å². The summed E-state index contributed by atoms with van der Waals surface area (Å²) in [6.45, 7) is 0. The van der Waals surface area contributed by atoms with E-state index in [0.29, 0.717) is 5.88 Å². The van der Waals surface area contributed by atoms with Crippen molar-refractivity contribution in [2.24, 2.45) is 5.73 Å². The number of nitrogens with two attached hydrogens (primary N) is 1.